The maximum Gasteiger partial charge on any atom is 0.408 e. The quantitative estimate of drug-likeness (QED) is 0.599. The van der Waals surface area contributed by atoms with E-state index in [1.54, 1.807) is 27.0 Å². The first-order valence-corrected chi connectivity index (χ1v) is 7.09. The predicted octanol–water partition coefficient (Wildman–Crippen LogP) is 0.435. The monoisotopic (exact) mass is 326 g/mol. The lowest BCUT2D eigenvalue weighted by Gasteiger charge is -2.23. The molecule has 0 saturated heterocycles. The van der Waals surface area contributed by atoms with Crippen molar-refractivity contribution in [1.82, 2.24) is 20.6 Å². The molecule has 9 nitrogen and oxygen atoms in total. The number of hydrogen-bond acceptors (Lipinski definition) is 5. The third-order valence-corrected chi connectivity index (χ3v) is 2.70. The largest absolute Gasteiger partial charge is 0.480 e. The highest BCUT2D eigenvalue weighted by molar-refractivity contribution is 5.89. The number of carboxylic acid groups (broad SMARTS) is 1. The second kappa shape index (κ2) is 7.61. The Hall–Kier alpha value is -2.58. The van der Waals surface area contributed by atoms with Gasteiger partial charge in [-0.2, -0.15) is 0 Å². The van der Waals surface area contributed by atoms with Crippen molar-refractivity contribution < 1.29 is 24.2 Å². The van der Waals surface area contributed by atoms with Crippen molar-refractivity contribution >= 4 is 18.0 Å². The van der Waals surface area contributed by atoms with Crippen LogP contribution in [0.5, 0.6) is 0 Å². The third kappa shape index (κ3) is 6.81. The highest BCUT2D eigenvalue weighted by Crippen LogP contribution is 2.08. The summed E-state index contributed by atoms with van der Waals surface area (Å²) in [7, 11) is 0. The Morgan fingerprint density at radius 3 is 2.48 bits per heavy atom. The summed E-state index contributed by atoms with van der Waals surface area (Å²) in [4.78, 5) is 41.6. The first-order valence-electron chi connectivity index (χ1n) is 7.09. The highest BCUT2D eigenvalue weighted by Gasteiger charge is 2.27. The zero-order valence-electron chi connectivity index (χ0n) is 13.5. The number of aliphatic carboxylic acids is 1. The molecule has 0 bridgehead atoms. The van der Waals surface area contributed by atoms with E-state index < -0.39 is 35.7 Å². The average Bonchev–Trinajstić information content (AvgIpc) is 2.88. The molecule has 1 heterocycles. The van der Waals surface area contributed by atoms with Crippen LogP contribution >= 0.6 is 0 Å². The molecule has 1 aromatic rings. The standard InChI is InChI=1S/C14H22N4O5/c1-8(12(20)21)17-11(19)10(5-9-6-15-7-16-9)18-13(22)23-14(2,3)4/h6-8,10H,5H2,1-4H3,(H,15,16)(H,17,19)(H,18,22)(H,20,21). The van der Waals surface area contributed by atoms with Crippen LogP contribution < -0.4 is 10.6 Å². The van der Waals surface area contributed by atoms with Gasteiger partial charge in [0.1, 0.15) is 17.7 Å². The van der Waals surface area contributed by atoms with Gasteiger partial charge in [0.15, 0.2) is 0 Å². The van der Waals surface area contributed by atoms with Crippen molar-refractivity contribution in [3.8, 4) is 0 Å². The molecule has 2 atom stereocenters. The van der Waals surface area contributed by atoms with Crippen LogP contribution in [0.25, 0.3) is 0 Å². The lowest BCUT2D eigenvalue weighted by Crippen LogP contribution is -2.52. The van der Waals surface area contributed by atoms with Crippen molar-refractivity contribution in [3.05, 3.63) is 18.2 Å². The smallest absolute Gasteiger partial charge is 0.408 e. The Labute approximate surface area is 133 Å². The summed E-state index contributed by atoms with van der Waals surface area (Å²) in [5, 5.41) is 13.6. The number of imidazole rings is 1. The Morgan fingerprint density at radius 1 is 1.35 bits per heavy atom. The maximum absolute atomic E-state index is 12.2. The van der Waals surface area contributed by atoms with Crippen LogP contribution in [0.1, 0.15) is 33.4 Å². The molecule has 0 radical (unpaired) electrons. The Balaban J connectivity index is 2.78. The molecule has 0 fully saturated rings. The molecule has 2 amide bonds. The van der Waals surface area contributed by atoms with Crippen LogP contribution in [0.3, 0.4) is 0 Å². The molecule has 23 heavy (non-hydrogen) atoms. The number of H-pyrrole nitrogens is 1. The van der Waals surface area contributed by atoms with E-state index >= 15 is 0 Å². The molecule has 2 unspecified atom stereocenters. The van der Waals surface area contributed by atoms with Crippen LogP contribution in [0.15, 0.2) is 12.5 Å². The normalized spacial score (nSPS) is 13.7. The minimum absolute atomic E-state index is 0.0981. The molecule has 1 aromatic heterocycles. The maximum atomic E-state index is 12.2. The first kappa shape index (κ1) is 18.5. The van der Waals surface area contributed by atoms with Gasteiger partial charge in [0, 0.05) is 12.6 Å². The van der Waals surface area contributed by atoms with Crippen LogP contribution in [0.4, 0.5) is 4.79 Å². The lowest BCUT2D eigenvalue weighted by atomic mass is 10.1. The van der Waals surface area contributed by atoms with Crippen molar-refractivity contribution in [2.24, 2.45) is 0 Å². The van der Waals surface area contributed by atoms with Crippen LogP contribution in [-0.2, 0) is 20.7 Å². The molecule has 4 N–H and O–H groups in total. The van der Waals surface area contributed by atoms with Gasteiger partial charge in [0.25, 0.3) is 0 Å². The number of nitrogens with one attached hydrogen (secondary N) is 3. The van der Waals surface area contributed by atoms with Crippen LogP contribution in [0, 0.1) is 0 Å². The number of amides is 2. The van der Waals surface area contributed by atoms with Gasteiger partial charge in [-0.1, -0.05) is 0 Å². The second-order valence-electron chi connectivity index (χ2n) is 6.03. The Bertz CT molecular complexity index is 550. The number of alkyl carbamates (subject to hydrolysis) is 1. The van der Waals surface area contributed by atoms with E-state index in [2.05, 4.69) is 20.6 Å². The molecular formula is C14H22N4O5. The fraction of sp³-hybridized carbons (Fsp3) is 0.571. The first-order chi connectivity index (χ1) is 10.6. The number of aromatic nitrogens is 2. The molecule has 0 saturated carbocycles. The zero-order chi connectivity index (χ0) is 17.6. The number of rotatable bonds is 6. The van der Waals surface area contributed by atoms with Gasteiger partial charge in [0.2, 0.25) is 5.91 Å². The Kier molecular flexibility index (Phi) is 6.11. The average molecular weight is 326 g/mol. The van der Waals surface area contributed by atoms with Gasteiger partial charge in [-0.25, -0.2) is 9.78 Å². The van der Waals surface area contributed by atoms with E-state index in [0.29, 0.717) is 5.69 Å². The number of carbonyl (C=O) groups excluding carboxylic acids is 2. The fourth-order valence-electron chi connectivity index (χ4n) is 1.65. The van der Waals surface area contributed by atoms with E-state index in [9.17, 15) is 14.4 Å². The molecule has 0 aliphatic rings. The number of carbonyl (C=O) groups is 3. The van der Waals surface area contributed by atoms with Gasteiger partial charge in [-0.05, 0) is 27.7 Å². The van der Waals surface area contributed by atoms with Gasteiger partial charge < -0.3 is 25.5 Å². The lowest BCUT2D eigenvalue weighted by molar-refractivity contribution is -0.141. The summed E-state index contributed by atoms with van der Waals surface area (Å²) in [5.74, 6) is -1.80. The molecule has 1 rings (SSSR count). The van der Waals surface area contributed by atoms with Gasteiger partial charge in [0.05, 0.1) is 12.0 Å². The number of aromatic amines is 1. The molecular weight excluding hydrogens is 304 g/mol. The van der Waals surface area contributed by atoms with Crippen molar-refractivity contribution in [2.45, 2.75) is 51.8 Å². The number of hydrogen-bond donors (Lipinski definition) is 4. The number of carboxylic acids is 1. The predicted molar refractivity (Wildman–Crippen MR) is 80.7 cm³/mol. The zero-order valence-corrected chi connectivity index (χ0v) is 13.5. The fourth-order valence-corrected chi connectivity index (χ4v) is 1.65. The summed E-state index contributed by atoms with van der Waals surface area (Å²) in [5.41, 5.74) is -0.171. The number of ether oxygens (including phenoxy) is 1. The minimum Gasteiger partial charge on any atom is -0.480 e. The molecule has 0 aliphatic carbocycles. The van der Waals surface area contributed by atoms with E-state index in [4.69, 9.17) is 9.84 Å². The third-order valence-electron chi connectivity index (χ3n) is 2.70. The van der Waals surface area contributed by atoms with Crippen LogP contribution in [0.2, 0.25) is 0 Å². The molecule has 9 heteroatoms. The van der Waals surface area contributed by atoms with Crippen molar-refractivity contribution in [1.29, 1.82) is 0 Å². The van der Waals surface area contributed by atoms with E-state index in [1.807, 2.05) is 0 Å². The summed E-state index contributed by atoms with van der Waals surface area (Å²) < 4.78 is 5.12. The topological polar surface area (TPSA) is 133 Å². The summed E-state index contributed by atoms with van der Waals surface area (Å²) in [6, 6.07) is -2.08. The van der Waals surface area contributed by atoms with Gasteiger partial charge >= 0.3 is 12.1 Å². The number of nitrogens with zero attached hydrogens (tertiary/aromatic N) is 1. The summed E-state index contributed by atoms with van der Waals surface area (Å²) in [6.45, 7) is 6.42. The van der Waals surface area contributed by atoms with Gasteiger partial charge in [-0.15, -0.1) is 0 Å². The van der Waals surface area contributed by atoms with Crippen LogP contribution in [-0.4, -0.2) is 50.7 Å². The van der Waals surface area contributed by atoms with Crippen molar-refractivity contribution in [3.63, 3.8) is 0 Å². The van der Waals surface area contributed by atoms with Gasteiger partial charge in [-0.3, -0.25) is 9.59 Å². The highest BCUT2D eigenvalue weighted by atomic mass is 16.6. The molecule has 0 aromatic carbocycles. The molecule has 128 valence electrons. The van der Waals surface area contributed by atoms with E-state index in [-0.39, 0.29) is 6.42 Å². The second-order valence-corrected chi connectivity index (χ2v) is 6.03. The van der Waals surface area contributed by atoms with E-state index in [0.717, 1.165) is 0 Å². The molecule has 0 spiro atoms. The summed E-state index contributed by atoms with van der Waals surface area (Å²) in [6.07, 6.45) is 2.35. The Morgan fingerprint density at radius 2 is 2.00 bits per heavy atom. The SMILES string of the molecule is CC(NC(=O)C(Cc1c[nH]cn1)NC(=O)OC(C)(C)C)C(=O)O. The summed E-state index contributed by atoms with van der Waals surface area (Å²) >= 11 is 0. The van der Waals surface area contributed by atoms with E-state index in [1.165, 1.54) is 13.3 Å². The molecule has 0 aliphatic heterocycles. The van der Waals surface area contributed by atoms with Crippen molar-refractivity contribution in [2.75, 3.05) is 0 Å². The minimum atomic E-state index is -1.17.